The van der Waals surface area contributed by atoms with Crippen LogP contribution in [0.2, 0.25) is 0 Å². The predicted molar refractivity (Wildman–Crippen MR) is 286 cm³/mol. The van der Waals surface area contributed by atoms with Crippen LogP contribution in [-0.2, 0) is 6.42 Å². The fourth-order valence-electron chi connectivity index (χ4n) is 10.0. The maximum absolute atomic E-state index is 9.07. The second-order valence-electron chi connectivity index (χ2n) is 17.8. The summed E-state index contributed by atoms with van der Waals surface area (Å²) in [5, 5.41) is 4.44. The summed E-state index contributed by atoms with van der Waals surface area (Å²) in [4.78, 5) is 4.96. The van der Waals surface area contributed by atoms with Crippen molar-refractivity contribution in [1.82, 2.24) is 18.7 Å². The Kier molecular flexibility index (Phi) is 7.72. The van der Waals surface area contributed by atoms with Crippen LogP contribution in [0.25, 0.3) is 99.8 Å². The molecule has 6 nitrogen and oxygen atoms in total. The molecule has 0 aliphatic rings. The first-order chi connectivity index (χ1) is 38.7. The molecule has 13 rings (SSSR count). The van der Waals surface area contributed by atoms with E-state index < -0.39 is 60.4 Å². The number of aromatic nitrogens is 5. The van der Waals surface area contributed by atoms with E-state index in [1.807, 2.05) is 66.9 Å². The minimum absolute atomic E-state index is 0.132. The highest BCUT2D eigenvalue weighted by Crippen LogP contribution is 2.40. The number of nitrogens with zero attached hydrogens (tertiary/aromatic N) is 5. The molecule has 6 heteroatoms. The van der Waals surface area contributed by atoms with Crippen molar-refractivity contribution in [2.24, 2.45) is 5.92 Å². The van der Waals surface area contributed by atoms with Gasteiger partial charge in [0.1, 0.15) is 17.3 Å². The Morgan fingerprint density at radius 3 is 1.87 bits per heavy atom. The van der Waals surface area contributed by atoms with Gasteiger partial charge in [-0.1, -0.05) is 159 Å². The van der Waals surface area contributed by atoms with E-state index in [0.29, 0.717) is 34.1 Å². The first kappa shape index (κ1) is 31.9. The Labute approximate surface area is 420 Å². The third-order valence-corrected chi connectivity index (χ3v) is 12.9. The molecule has 0 saturated carbocycles. The van der Waals surface area contributed by atoms with Crippen LogP contribution in [0.1, 0.15) is 33.1 Å². The minimum atomic E-state index is -0.568. The molecule has 0 amide bonds. The molecule has 0 aliphatic heterocycles. The Bertz CT molecular complexity index is 4530. The summed E-state index contributed by atoms with van der Waals surface area (Å²) in [5.74, 6) is 2.32. The number of ether oxygens (including phenoxy) is 1. The predicted octanol–water partition coefficient (Wildman–Crippen LogP) is 15.6. The van der Waals surface area contributed by atoms with E-state index in [1.165, 1.54) is 16.3 Å². The summed E-state index contributed by atoms with van der Waals surface area (Å²) in [6.07, 6.45) is 6.24. The van der Waals surface area contributed by atoms with Crippen LogP contribution in [0.4, 0.5) is 0 Å². The molecule has 0 fully saturated rings. The van der Waals surface area contributed by atoms with Crippen molar-refractivity contribution in [3.8, 4) is 56.6 Å². The molecule has 0 saturated heterocycles. The molecule has 4 heterocycles. The molecule has 0 unspecified atom stereocenters. The second-order valence-corrected chi connectivity index (χ2v) is 17.8. The highest BCUT2D eigenvalue weighted by molar-refractivity contribution is 6.12. The van der Waals surface area contributed by atoms with Crippen LogP contribution in [0, 0.1) is 12.2 Å². The lowest BCUT2D eigenvalue weighted by Gasteiger charge is -2.17. The number of benzene rings is 9. The van der Waals surface area contributed by atoms with Gasteiger partial charge in [0, 0.05) is 39.5 Å². The van der Waals surface area contributed by atoms with Crippen molar-refractivity contribution in [3.63, 3.8) is 0 Å². The number of pyridine rings is 1. The van der Waals surface area contributed by atoms with E-state index in [1.54, 1.807) is 27.3 Å². The monoisotopic (exact) mass is 911 g/mol. The lowest BCUT2D eigenvalue weighted by molar-refractivity contribution is -0.571. The maximum atomic E-state index is 9.07. The van der Waals surface area contributed by atoms with Crippen LogP contribution in [0.15, 0.2) is 230 Å². The molecule has 0 radical (unpaired) electrons. The minimum Gasteiger partial charge on any atom is -0.458 e. The summed E-state index contributed by atoms with van der Waals surface area (Å²) in [6.45, 7) is 4.42. The lowest BCUT2D eigenvalue weighted by Crippen LogP contribution is -2.31. The van der Waals surface area contributed by atoms with E-state index in [9.17, 15) is 0 Å². The van der Waals surface area contributed by atoms with Gasteiger partial charge < -0.3 is 9.30 Å². The molecule has 334 valence electrons. The number of rotatable bonds is 10. The first-order valence-corrected chi connectivity index (χ1v) is 23.2. The average Bonchev–Trinajstić information content (AvgIpc) is 4.18. The number of hydrogen-bond donors (Lipinski definition) is 0. The Morgan fingerprint density at radius 1 is 0.529 bits per heavy atom. The first-order valence-electron chi connectivity index (χ1n) is 28.2. The average molecular weight is 912 g/mol. The van der Waals surface area contributed by atoms with E-state index in [2.05, 4.69) is 114 Å². The molecule has 13 aromatic rings. The number of imidazole rings is 1. The van der Waals surface area contributed by atoms with Gasteiger partial charge in [-0.2, -0.15) is 0 Å². The van der Waals surface area contributed by atoms with E-state index in [0.717, 1.165) is 50.8 Å². The highest BCUT2D eigenvalue weighted by atomic mass is 16.5. The zero-order valence-electron chi connectivity index (χ0n) is 48.1. The molecule has 0 N–H and O–H groups in total. The smallest absolute Gasteiger partial charge is 0.269 e. The van der Waals surface area contributed by atoms with Gasteiger partial charge in [-0.3, -0.25) is 13.7 Å². The summed E-state index contributed by atoms with van der Waals surface area (Å²) in [7, 11) is 0. The SMILES string of the molecule is [2H]c1c([2H])c([2H])c(-c2cccc(-c3c([2H])c([2H])c([2H])c([2H])c3[2H])c2-[n+]2[c-]n(-c3cccc(Oc4ccc5c6cc(-n7c8ccccc8c8ccccc87)ccc6n(-c6cc(CC(C)C)ccn6)c5c4)c3)c3ccccc32)c([2H])c1[2H]. The third-order valence-electron chi connectivity index (χ3n) is 12.9. The molecular weight excluding hydrogens is 855 g/mol. The van der Waals surface area contributed by atoms with Crippen LogP contribution in [0.3, 0.4) is 0 Å². The second kappa shape index (κ2) is 17.0. The lowest BCUT2D eigenvalue weighted by atomic mass is 9.95. The molecule has 0 spiro atoms. The van der Waals surface area contributed by atoms with Crippen molar-refractivity contribution in [1.29, 1.82) is 0 Å². The van der Waals surface area contributed by atoms with E-state index in [4.69, 9.17) is 23.4 Å². The van der Waals surface area contributed by atoms with Crippen LogP contribution >= 0.6 is 0 Å². The zero-order chi connectivity index (χ0) is 55.4. The molecule has 0 aliphatic carbocycles. The molecule has 4 aromatic heterocycles. The summed E-state index contributed by atoms with van der Waals surface area (Å²) < 4.78 is 102. The Hall–Kier alpha value is -9.00. The quantitative estimate of drug-likeness (QED) is 0.101. The van der Waals surface area contributed by atoms with Crippen LogP contribution in [-0.4, -0.2) is 18.7 Å². The van der Waals surface area contributed by atoms with Crippen LogP contribution < -0.4 is 9.30 Å². The standard InChI is InChI=1S/C64H47N5O/c1-43(2)37-44-35-36-65-63(38-44)69-59-34-31-48(68-57-27-11-9-23-53(57)54-24-10-12-28-58(54)68)40-56(59)55-33-32-50(41-62(55)69)70-49-22-15-21-47(39-49)66-42-67(61-30-14-13-29-60(61)66)64-51(45-17-5-3-6-18-45)25-16-26-52(64)46-19-7-4-8-20-46/h3-36,38-41,43H,37H2,1-2H3/i3D,4D,5D,6D,7D,8D,17D,18D,19D,20D. The van der Waals surface area contributed by atoms with Gasteiger partial charge >= 0.3 is 0 Å². The Balaban J connectivity index is 0.963. The summed E-state index contributed by atoms with van der Waals surface area (Å²) >= 11 is 0. The van der Waals surface area contributed by atoms with Crippen LogP contribution in [0.5, 0.6) is 11.5 Å². The molecule has 0 atom stereocenters. The van der Waals surface area contributed by atoms with Crippen molar-refractivity contribution in [2.75, 3.05) is 0 Å². The number of hydrogen-bond acceptors (Lipinski definition) is 2. The number of para-hydroxylation sites is 5. The van der Waals surface area contributed by atoms with Gasteiger partial charge in [0.2, 0.25) is 0 Å². The normalized spacial score (nSPS) is 13.8. The summed E-state index contributed by atoms with van der Waals surface area (Å²) in [6, 6.07) is 48.4. The van der Waals surface area contributed by atoms with Gasteiger partial charge in [0.15, 0.2) is 0 Å². The van der Waals surface area contributed by atoms with Gasteiger partial charge in [0.05, 0.1) is 58.2 Å². The number of fused-ring (bicyclic) bond motifs is 7. The van der Waals surface area contributed by atoms with E-state index in [-0.39, 0.29) is 27.9 Å². The summed E-state index contributed by atoms with van der Waals surface area (Å²) in [5.41, 5.74) is 8.41. The topological polar surface area (TPSA) is 40.8 Å². The van der Waals surface area contributed by atoms with Crippen molar-refractivity contribution >= 4 is 54.6 Å². The molecule has 0 bridgehead atoms. The van der Waals surface area contributed by atoms with Gasteiger partial charge in [-0.15, -0.1) is 0 Å². The molecule has 70 heavy (non-hydrogen) atoms. The zero-order valence-corrected chi connectivity index (χ0v) is 38.1. The molecule has 9 aromatic carbocycles. The van der Waals surface area contributed by atoms with Gasteiger partial charge in [-0.05, 0) is 113 Å². The fourth-order valence-corrected chi connectivity index (χ4v) is 10.0. The maximum Gasteiger partial charge on any atom is 0.269 e. The van der Waals surface area contributed by atoms with Gasteiger partial charge in [0.25, 0.3) is 6.33 Å². The van der Waals surface area contributed by atoms with Crippen molar-refractivity contribution in [2.45, 2.75) is 20.3 Å². The Morgan fingerprint density at radius 2 is 1.16 bits per heavy atom. The van der Waals surface area contributed by atoms with Crippen molar-refractivity contribution in [3.05, 3.63) is 242 Å². The van der Waals surface area contributed by atoms with Crippen molar-refractivity contribution < 1.29 is 23.0 Å². The van der Waals surface area contributed by atoms with Gasteiger partial charge in [-0.25, -0.2) is 4.98 Å². The third kappa shape index (κ3) is 7.03. The largest absolute Gasteiger partial charge is 0.458 e. The highest BCUT2D eigenvalue weighted by Gasteiger charge is 2.21. The van der Waals surface area contributed by atoms with E-state index >= 15 is 0 Å². The fraction of sp³-hybridized carbons (Fsp3) is 0.0625. The molecular formula is C64H47N5O.